The predicted octanol–water partition coefficient (Wildman–Crippen LogP) is 3.76. The van der Waals surface area contributed by atoms with Crippen molar-refractivity contribution in [1.82, 2.24) is 19.4 Å². The molecule has 29 heavy (non-hydrogen) atoms. The molecule has 0 N–H and O–H groups in total. The van der Waals surface area contributed by atoms with Gasteiger partial charge in [-0.25, -0.2) is 9.97 Å². The largest absolute Gasteiger partial charge is 0.370 e. The number of ether oxygens (including phenoxy) is 1. The molecule has 4 rings (SSSR count). The lowest BCUT2D eigenvalue weighted by Crippen LogP contribution is -2.32. The van der Waals surface area contributed by atoms with Crippen molar-refractivity contribution < 1.29 is 4.74 Å². The molecule has 0 radical (unpaired) electrons. The van der Waals surface area contributed by atoms with E-state index in [-0.39, 0.29) is 11.2 Å². The summed E-state index contributed by atoms with van der Waals surface area (Å²) in [6.07, 6.45) is 3.49. The van der Waals surface area contributed by atoms with Gasteiger partial charge in [0.05, 0.1) is 23.4 Å². The van der Waals surface area contributed by atoms with E-state index in [0.29, 0.717) is 13.2 Å². The second kappa shape index (κ2) is 7.78. The second-order valence-corrected chi connectivity index (χ2v) is 9.84. The molecule has 0 aliphatic carbocycles. The van der Waals surface area contributed by atoms with E-state index < -0.39 is 0 Å². The smallest absolute Gasteiger partial charge is 0.271 e. The first kappa shape index (κ1) is 20.4. The minimum Gasteiger partial charge on any atom is -0.370 e. The Bertz CT molecular complexity index is 1110. The van der Waals surface area contributed by atoms with Crippen molar-refractivity contribution >= 4 is 31.8 Å². The highest BCUT2D eigenvalue weighted by molar-refractivity contribution is 7.25. The van der Waals surface area contributed by atoms with Crippen LogP contribution in [-0.2, 0) is 30.7 Å². The van der Waals surface area contributed by atoms with Crippen LogP contribution in [0.1, 0.15) is 50.7 Å². The van der Waals surface area contributed by atoms with Gasteiger partial charge in [-0.2, -0.15) is 0 Å². The van der Waals surface area contributed by atoms with Crippen LogP contribution in [0.3, 0.4) is 0 Å². The van der Waals surface area contributed by atoms with Crippen LogP contribution in [0.5, 0.6) is 0 Å². The van der Waals surface area contributed by atoms with Crippen molar-refractivity contribution in [3.63, 3.8) is 0 Å². The van der Waals surface area contributed by atoms with E-state index >= 15 is 0 Å². The average molecular weight is 415 g/mol. The quantitative estimate of drug-likeness (QED) is 0.615. The first-order chi connectivity index (χ1) is 13.8. The predicted molar refractivity (Wildman–Crippen MR) is 119 cm³/mol. The van der Waals surface area contributed by atoms with Crippen LogP contribution in [-0.4, -0.2) is 45.7 Å². The van der Waals surface area contributed by atoms with Crippen LogP contribution in [0.4, 0.5) is 0 Å². The zero-order valence-corrected chi connectivity index (χ0v) is 18.9. The molecule has 1 aliphatic heterocycles. The van der Waals surface area contributed by atoms with Gasteiger partial charge >= 0.3 is 0 Å². The molecule has 156 valence electrons. The minimum atomic E-state index is -0.198. The molecule has 3 aromatic heterocycles. The highest BCUT2D eigenvalue weighted by atomic mass is 32.1. The number of thiophene rings is 1. The van der Waals surface area contributed by atoms with E-state index in [0.717, 1.165) is 69.7 Å². The van der Waals surface area contributed by atoms with Gasteiger partial charge in [0.15, 0.2) is 0 Å². The van der Waals surface area contributed by atoms with Gasteiger partial charge in [-0.3, -0.25) is 9.36 Å². The van der Waals surface area contributed by atoms with Gasteiger partial charge in [-0.05, 0) is 53.4 Å². The summed E-state index contributed by atoms with van der Waals surface area (Å²) >= 11 is 1.48. The number of aryl methyl sites for hydroxylation is 1. The van der Waals surface area contributed by atoms with Crippen molar-refractivity contribution in [3.05, 3.63) is 33.5 Å². The number of pyridine rings is 1. The van der Waals surface area contributed by atoms with Crippen molar-refractivity contribution in [1.29, 1.82) is 0 Å². The molecule has 6 nitrogen and oxygen atoms in total. The summed E-state index contributed by atoms with van der Waals surface area (Å²) < 4.78 is 8.58. The lowest BCUT2D eigenvalue weighted by Gasteiger charge is -2.30. The van der Waals surface area contributed by atoms with Crippen LogP contribution >= 0.6 is 11.3 Å². The van der Waals surface area contributed by atoms with Crippen LogP contribution < -0.4 is 5.56 Å². The summed E-state index contributed by atoms with van der Waals surface area (Å²) in [4.78, 5) is 26.3. The molecule has 0 amide bonds. The Morgan fingerprint density at radius 1 is 1.31 bits per heavy atom. The van der Waals surface area contributed by atoms with Gasteiger partial charge in [0.25, 0.3) is 5.56 Å². The monoisotopic (exact) mass is 414 g/mol. The third-order valence-corrected chi connectivity index (χ3v) is 6.57. The number of nitrogens with zero attached hydrogens (tertiary/aromatic N) is 4. The van der Waals surface area contributed by atoms with Crippen LogP contribution in [0.15, 0.2) is 10.9 Å². The number of hydrogen-bond acceptors (Lipinski definition) is 6. The number of rotatable bonds is 6. The van der Waals surface area contributed by atoms with Gasteiger partial charge in [0, 0.05) is 30.3 Å². The standard InChI is InChI=1S/C22H30N4O2S/c1-6-8-17-24-18-15-11-14-13-28-22(2,3)12-16(14)23-20(15)29-19(18)21(27)26(17)10-7-9-25(4)5/h11H,6-10,12-13H2,1-5H3. The van der Waals surface area contributed by atoms with Crippen molar-refractivity contribution in [3.8, 4) is 0 Å². The summed E-state index contributed by atoms with van der Waals surface area (Å²) in [6, 6.07) is 2.14. The Kier molecular flexibility index (Phi) is 5.48. The van der Waals surface area contributed by atoms with Crippen LogP contribution in [0.2, 0.25) is 0 Å². The van der Waals surface area contributed by atoms with Gasteiger partial charge in [0.2, 0.25) is 0 Å². The molecule has 7 heteroatoms. The topological polar surface area (TPSA) is 60.3 Å². The molecule has 0 atom stereocenters. The first-order valence-electron chi connectivity index (χ1n) is 10.4. The minimum absolute atomic E-state index is 0.0785. The normalized spacial score (nSPS) is 16.1. The summed E-state index contributed by atoms with van der Waals surface area (Å²) in [5, 5.41) is 0.988. The molecule has 0 bridgehead atoms. The number of fused-ring (bicyclic) bond motifs is 4. The Hall–Kier alpha value is -1.83. The molecule has 3 aromatic rings. The Labute approximate surface area is 175 Å². The molecule has 0 unspecified atom stereocenters. The van der Waals surface area contributed by atoms with E-state index in [1.54, 1.807) is 0 Å². The molecule has 0 saturated heterocycles. The average Bonchev–Trinajstić information content (AvgIpc) is 2.99. The van der Waals surface area contributed by atoms with Gasteiger partial charge in [0.1, 0.15) is 15.4 Å². The third-order valence-electron chi connectivity index (χ3n) is 5.49. The molecule has 0 aromatic carbocycles. The molecule has 0 spiro atoms. The molecular formula is C22H30N4O2S. The summed E-state index contributed by atoms with van der Waals surface area (Å²) in [7, 11) is 4.11. The van der Waals surface area contributed by atoms with Crippen molar-refractivity contribution in [2.45, 2.75) is 65.2 Å². The van der Waals surface area contributed by atoms with Gasteiger partial charge in [-0.1, -0.05) is 6.92 Å². The zero-order chi connectivity index (χ0) is 20.8. The lowest BCUT2D eigenvalue weighted by molar-refractivity contribution is -0.0411. The highest BCUT2D eigenvalue weighted by Crippen LogP contribution is 2.34. The second-order valence-electron chi connectivity index (χ2n) is 8.84. The van der Waals surface area contributed by atoms with Gasteiger partial charge < -0.3 is 9.64 Å². The maximum atomic E-state index is 13.4. The molecule has 0 saturated carbocycles. The SMILES string of the molecule is CCCc1nc2c(sc3nc4c(cc32)COC(C)(C)C4)c(=O)n1CCCN(C)C. The molecular weight excluding hydrogens is 384 g/mol. The summed E-state index contributed by atoms with van der Waals surface area (Å²) in [6.45, 7) is 8.53. The highest BCUT2D eigenvalue weighted by Gasteiger charge is 2.28. The Morgan fingerprint density at radius 3 is 2.83 bits per heavy atom. The Balaban J connectivity index is 1.85. The van der Waals surface area contributed by atoms with Crippen LogP contribution in [0, 0.1) is 0 Å². The number of hydrogen-bond donors (Lipinski definition) is 0. The molecule has 0 fully saturated rings. The van der Waals surface area contributed by atoms with Crippen molar-refractivity contribution in [2.75, 3.05) is 20.6 Å². The summed E-state index contributed by atoms with van der Waals surface area (Å²) in [5.41, 5.74) is 2.89. The number of aromatic nitrogens is 3. The Morgan fingerprint density at radius 2 is 2.10 bits per heavy atom. The van der Waals surface area contributed by atoms with Gasteiger partial charge in [-0.15, -0.1) is 11.3 Å². The maximum Gasteiger partial charge on any atom is 0.271 e. The van der Waals surface area contributed by atoms with E-state index in [1.807, 2.05) is 4.57 Å². The fraction of sp³-hybridized carbons (Fsp3) is 0.591. The first-order valence-corrected chi connectivity index (χ1v) is 11.2. The summed E-state index contributed by atoms with van der Waals surface area (Å²) in [5.74, 6) is 0.888. The van der Waals surface area contributed by atoms with E-state index in [2.05, 4.69) is 45.8 Å². The molecule has 1 aliphatic rings. The fourth-order valence-corrected chi connectivity index (χ4v) is 5.03. The zero-order valence-electron chi connectivity index (χ0n) is 18.0. The lowest BCUT2D eigenvalue weighted by atomic mass is 9.95. The van der Waals surface area contributed by atoms with Crippen molar-refractivity contribution in [2.24, 2.45) is 0 Å². The van der Waals surface area contributed by atoms with E-state index in [1.165, 1.54) is 11.3 Å². The van der Waals surface area contributed by atoms with Crippen LogP contribution in [0.25, 0.3) is 20.4 Å². The van der Waals surface area contributed by atoms with E-state index in [9.17, 15) is 4.79 Å². The van der Waals surface area contributed by atoms with E-state index in [4.69, 9.17) is 14.7 Å². The third kappa shape index (κ3) is 3.96. The fourth-order valence-electron chi connectivity index (χ4n) is 3.97. The maximum absolute atomic E-state index is 13.4. The molecule has 4 heterocycles.